The zero-order chi connectivity index (χ0) is 18.8. The molecular formula is C21H20N4O2. The van der Waals surface area contributed by atoms with Crippen LogP contribution in [0.25, 0.3) is 21.8 Å². The summed E-state index contributed by atoms with van der Waals surface area (Å²) in [5.41, 5.74) is 7.27. The number of nitrogens with one attached hydrogen (secondary N) is 1. The van der Waals surface area contributed by atoms with E-state index >= 15 is 0 Å². The van der Waals surface area contributed by atoms with Crippen LogP contribution in [0.5, 0.6) is 5.75 Å². The summed E-state index contributed by atoms with van der Waals surface area (Å²) in [6.07, 6.45) is 0. The number of carbonyl (C=O) groups is 1. The highest BCUT2D eigenvalue weighted by atomic mass is 16.5. The van der Waals surface area contributed by atoms with E-state index in [-0.39, 0.29) is 12.2 Å². The SMILES string of the molecule is N=c1n(CCOc2cccc3ccccc23)c2ccccc2n1CC(N)=O. The van der Waals surface area contributed by atoms with Gasteiger partial charge in [-0.1, -0.05) is 48.5 Å². The van der Waals surface area contributed by atoms with Crippen molar-refractivity contribution in [1.29, 1.82) is 5.41 Å². The molecule has 1 aromatic heterocycles. The predicted octanol–water partition coefficient (Wildman–Crippen LogP) is 2.64. The highest BCUT2D eigenvalue weighted by Gasteiger charge is 2.12. The molecule has 136 valence electrons. The summed E-state index contributed by atoms with van der Waals surface area (Å²) < 4.78 is 9.47. The molecule has 0 aliphatic heterocycles. The average Bonchev–Trinajstić information content (AvgIpc) is 2.94. The van der Waals surface area contributed by atoms with E-state index in [1.165, 1.54) is 0 Å². The van der Waals surface area contributed by atoms with Crippen LogP contribution >= 0.6 is 0 Å². The van der Waals surface area contributed by atoms with E-state index in [4.69, 9.17) is 15.9 Å². The highest BCUT2D eigenvalue weighted by molar-refractivity contribution is 5.88. The Morgan fingerprint density at radius 2 is 1.59 bits per heavy atom. The van der Waals surface area contributed by atoms with Crippen LogP contribution < -0.4 is 16.1 Å². The van der Waals surface area contributed by atoms with Crippen LogP contribution in [0, 0.1) is 5.41 Å². The van der Waals surface area contributed by atoms with Crippen molar-refractivity contribution in [3.05, 3.63) is 72.3 Å². The van der Waals surface area contributed by atoms with E-state index in [2.05, 4.69) is 12.1 Å². The number of nitrogens with two attached hydrogens (primary N) is 1. The largest absolute Gasteiger partial charge is 0.491 e. The molecule has 0 bridgehead atoms. The number of primary amides is 1. The van der Waals surface area contributed by atoms with Gasteiger partial charge >= 0.3 is 0 Å². The first-order valence-corrected chi connectivity index (χ1v) is 8.76. The number of imidazole rings is 1. The topological polar surface area (TPSA) is 86.0 Å². The Morgan fingerprint density at radius 3 is 2.37 bits per heavy atom. The molecule has 3 aromatic carbocycles. The monoisotopic (exact) mass is 360 g/mol. The number of nitrogens with zero attached hydrogens (tertiary/aromatic N) is 2. The van der Waals surface area contributed by atoms with Gasteiger partial charge in [0.25, 0.3) is 0 Å². The van der Waals surface area contributed by atoms with E-state index in [0.717, 1.165) is 27.6 Å². The first kappa shape index (κ1) is 16.9. The third-order valence-corrected chi connectivity index (χ3v) is 4.61. The Labute approximate surface area is 155 Å². The van der Waals surface area contributed by atoms with Crippen LogP contribution in [0.3, 0.4) is 0 Å². The summed E-state index contributed by atoms with van der Waals surface area (Å²) in [4.78, 5) is 11.4. The third-order valence-electron chi connectivity index (χ3n) is 4.61. The summed E-state index contributed by atoms with van der Waals surface area (Å²) in [6, 6.07) is 21.7. The van der Waals surface area contributed by atoms with Gasteiger partial charge in [-0.3, -0.25) is 10.2 Å². The summed E-state index contributed by atoms with van der Waals surface area (Å²) in [6.45, 7) is 0.889. The maximum absolute atomic E-state index is 11.4. The van der Waals surface area contributed by atoms with Crippen LogP contribution in [0.1, 0.15) is 0 Å². The fourth-order valence-electron chi connectivity index (χ4n) is 3.41. The van der Waals surface area contributed by atoms with Crippen molar-refractivity contribution in [2.24, 2.45) is 5.73 Å². The van der Waals surface area contributed by atoms with Crippen LogP contribution in [0.4, 0.5) is 0 Å². The molecule has 3 N–H and O–H groups in total. The lowest BCUT2D eigenvalue weighted by atomic mass is 10.1. The maximum Gasteiger partial charge on any atom is 0.237 e. The fraction of sp³-hybridized carbons (Fsp3) is 0.143. The number of amides is 1. The second kappa shape index (κ2) is 6.99. The van der Waals surface area contributed by atoms with Gasteiger partial charge < -0.3 is 19.6 Å². The lowest BCUT2D eigenvalue weighted by molar-refractivity contribution is -0.118. The average molecular weight is 360 g/mol. The van der Waals surface area contributed by atoms with Gasteiger partial charge in [-0.2, -0.15) is 0 Å². The van der Waals surface area contributed by atoms with Gasteiger partial charge in [0.2, 0.25) is 11.5 Å². The summed E-state index contributed by atoms with van der Waals surface area (Å²) in [5.74, 6) is 0.351. The zero-order valence-corrected chi connectivity index (χ0v) is 14.8. The van der Waals surface area contributed by atoms with Crippen molar-refractivity contribution < 1.29 is 9.53 Å². The number of benzene rings is 3. The minimum atomic E-state index is -0.469. The minimum absolute atomic E-state index is 0.0173. The lowest BCUT2D eigenvalue weighted by Gasteiger charge is -2.10. The van der Waals surface area contributed by atoms with E-state index in [1.54, 1.807) is 4.57 Å². The van der Waals surface area contributed by atoms with Crippen LogP contribution in [-0.2, 0) is 17.9 Å². The van der Waals surface area contributed by atoms with Crippen LogP contribution in [0.15, 0.2) is 66.7 Å². The van der Waals surface area contributed by atoms with Crippen molar-refractivity contribution >= 4 is 27.7 Å². The van der Waals surface area contributed by atoms with Crippen molar-refractivity contribution in [2.45, 2.75) is 13.1 Å². The van der Waals surface area contributed by atoms with Crippen molar-refractivity contribution in [3.63, 3.8) is 0 Å². The fourth-order valence-corrected chi connectivity index (χ4v) is 3.41. The molecule has 0 atom stereocenters. The molecule has 4 aromatic rings. The van der Waals surface area contributed by atoms with Gasteiger partial charge in [0.15, 0.2) is 0 Å². The quantitative estimate of drug-likeness (QED) is 0.554. The van der Waals surface area contributed by atoms with Gasteiger partial charge in [0.1, 0.15) is 18.9 Å². The number of rotatable bonds is 6. The molecule has 0 saturated carbocycles. The van der Waals surface area contributed by atoms with Crippen molar-refractivity contribution in [2.75, 3.05) is 6.61 Å². The van der Waals surface area contributed by atoms with Gasteiger partial charge in [0, 0.05) is 5.39 Å². The number of para-hydroxylation sites is 2. The minimum Gasteiger partial charge on any atom is -0.491 e. The van der Waals surface area contributed by atoms with Crippen LogP contribution in [-0.4, -0.2) is 21.6 Å². The Hall–Kier alpha value is -3.54. The second-order valence-corrected chi connectivity index (χ2v) is 6.34. The van der Waals surface area contributed by atoms with E-state index in [1.807, 2.05) is 59.2 Å². The number of fused-ring (bicyclic) bond motifs is 2. The molecule has 0 unspecified atom stereocenters. The van der Waals surface area contributed by atoms with Crippen LogP contribution in [0.2, 0.25) is 0 Å². The number of hydrogen-bond donors (Lipinski definition) is 2. The molecule has 6 heteroatoms. The summed E-state index contributed by atoms with van der Waals surface area (Å²) in [7, 11) is 0. The van der Waals surface area contributed by atoms with E-state index in [0.29, 0.717) is 13.2 Å². The normalized spacial score (nSPS) is 11.1. The lowest BCUT2D eigenvalue weighted by Crippen LogP contribution is -2.30. The van der Waals surface area contributed by atoms with Gasteiger partial charge in [-0.05, 0) is 23.6 Å². The molecule has 0 fully saturated rings. The molecule has 1 heterocycles. The first-order chi connectivity index (χ1) is 13.1. The standard InChI is InChI=1S/C21H20N4O2/c22-20(26)14-25-18-10-4-3-9-17(18)24(21(25)23)12-13-27-19-11-5-7-15-6-1-2-8-16(15)19/h1-11,23H,12-14H2,(H2,22,26). The zero-order valence-electron chi connectivity index (χ0n) is 14.8. The molecule has 0 radical (unpaired) electrons. The molecule has 4 rings (SSSR count). The molecule has 27 heavy (non-hydrogen) atoms. The molecule has 1 amide bonds. The molecule has 0 saturated heterocycles. The molecule has 0 aliphatic carbocycles. The maximum atomic E-state index is 11.4. The van der Waals surface area contributed by atoms with Gasteiger partial charge in [0.05, 0.1) is 17.6 Å². The van der Waals surface area contributed by atoms with Gasteiger partial charge in [-0.25, -0.2) is 0 Å². The molecule has 0 aliphatic rings. The molecule has 6 nitrogen and oxygen atoms in total. The number of carbonyl (C=O) groups excluding carboxylic acids is 1. The second-order valence-electron chi connectivity index (χ2n) is 6.34. The van der Waals surface area contributed by atoms with Crippen molar-refractivity contribution in [1.82, 2.24) is 9.13 Å². The van der Waals surface area contributed by atoms with E-state index < -0.39 is 5.91 Å². The van der Waals surface area contributed by atoms with Crippen molar-refractivity contribution in [3.8, 4) is 5.75 Å². The predicted molar refractivity (Wildman–Crippen MR) is 104 cm³/mol. The summed E-state index contributed by atoms with van der Waals surface area (Å²) >= 11 is 0. The number of hydrogen-bond acceptors (Lipinski definition) is 3. The first-order valence-electron chi connectivity index (χ1n) is 8.76. The Balaban J connectivity index is 1.62. The highest BCUT2D eigenvalue weighted by Crippen LogP contribution is 2.25. The van der Waals surface area contributed by atoms with E-state index in [9.17, 15) is 4.79 Å². The Kier molecular flexibility index (Phi) is 4.38. The number of ether oxygens (including phenoxy) is 1. The van der Waals surface area contributed by atoms with Gasteiger partial charge in [-0.15, -0.1) is 0 Å². The summed E-state index contributed by atoms with van der Waals surface area (Å²) in [5, 5.41) is 10.6. The Bertz CT molecular complexity index is 1180. The number of aromatic nitrogens is 2. The Morgan fingerprint density at radius 1 is 0.926 bits per heavy atom. The smallest absolute Gasteiger partial charge is 0.237 e. The third kappa shape index (κ3) is 3.17. The molecular weight excluding hydrogens is 340 g/mol. The molecule has 0 spiro atoms.